The minimum atomic E-state index is -1.18. The van der Waals surface area contributed by atoms with Crippen LogP contribution in [0.4, 0.5) is 5.69 Å². The van der Waals surface area contributed by atoms with Gasteiger partial charge in [0.25, 0.3) is 5.91 Å². The molecule has 0 spiro atoms. The van der Waals surface area contributed by atoms with Crippen LogP contribution in [0, 0.1) is 13.8 Å². The first kappa shape index (κ1) is 22.3. The van der Waals surface area contributed by atoms with Crippen LogP contribution in [0.2, 0.25) is 0 Å². The molecule has 3 nitrogen and oxygen atoms in total. The zero-order chi connectivity index (χ0) is 18.1. The molecule has 0 atom stereocenters. The number of anilines is 1. The SMILES string of the molecule is CC[P+]1(C2(C(=O)Nc3c(C)cc(OC)cc3C)CC2)CCCCCC1.[Y]. The van der Waals surface area contributed by atoms with Gasteiger partial charge in [-0.25, -0.2) is 0 Å². The Morgan fingerprint density at radius 2 is 1.65 bits per heavy atom. The van der Waals surface area contributed by atoms with Gasteiger partial charge < -0.3 is 10.1 Å². The summed E-state index contributed by atoms with van der Waals surface area (Å²) in [5.74, 6) is 1.16. The number of amides is 1. The van der Waals surface area contributed by atoms with Crippen molar-refractivity contribution < 1.29 is 42.2 Å². The molecular weight excluding hydrogens is 418 g/mol. The van der Waals surface area contributed by atoms with E-state index in [1.54, 1.807) is 7.11 Å². The second-order valence-electron chi connectivity index (χ2n) is 7.94. The predicted octanol–water partition coefficient (Wildman–Crippen LogP) is 5.39. The molecule has 0 unspecified atom stereocenters. The summed E-state index contributed by atoms with van der Waals surface area (Å²) in [5.41, 5.74) is 3.16. The molecule has 1 amide bonds. The molecular formula is C21H33NO2PY+. The van der Waals surface area contributed by atoms with Crippen molar-refractivity contribution in [3.8, 4) is 5.75 Å². The van der Waals surface area contributed by atoms with Gasteiger partial charge in [0.05, 0.1) is 25.6 Å². The molecule has 5 heteroatoms. The maximum absolute atomic E-state index is 13.4. The monoisotopic (exact) mass is 451 g/mol. The first-order valence-corrected chi connectivity index (χ1v) is 12.2. The molecule has 1 saturated carbocycles. The number of carbonyl (C=O) groups excluding carboxylic acids is 1. The molecule has 0 bridgehead atoms. The third-order valence-corrected chi connectivity index (χ3v) is 12.6. The largest absolute Gasteiger partial charge is 0.497 e. The number of hydrogen-bond donors (Lipinski definition) is 1. The van der Waals surface area contributed by atoms with Gasteiger partial charge in [-0.1, -0.05) is 0 Å². The normalized spacial score (nSPS) is 20.5. The van der Waals surface area contributed by atoms with Crippen molar-refractivity contribution in [2.45, 2.75) is 64.5 Å². The van der Waals surface area contributed by atoms with Gasteiger partial charge in [-0.2, -0.15) is 0 Å². The zero-order valence-electron chi connectivity index (χ0n) is 16.9. The van der Waals surface area contributed by atoms with Gasteiger partial charge in [0.2, 0.25) is 0 Å². The Morgan fingerprint density at radius 1 is 1.12 bits per heavy atom. The summed E-state index contributed by atoms with van der Waals surface area (Å²) >= 11 is 0. The summed E-state index contributed by atoms with van der Waals surface area (Å²) in [6.45, 7) is 6.46. The number of carbonyl (C=O) groups is 1. The Balaban J connectivity index is 0.00000243. The van der Waals surface area contributed by atoms with Crippen molar-refractivity contribution in [3.05, 3.63) is 23.3 Å². The van der Waals surface area contributed by atoms with Crippen molar-refractivity contribution in [3.63, 3.8) is 0 Å². The van der Waals surface area contributed by atoms with E-state index in [-0.39, 0.29) is 37.9 Å². The second-order valence-corrected chi connectivity index (χ2v) is 12.6. The summed E-state index contributed by atoms with van der Waals surface area (Å²) in [6, 6.07) is 4.02. The van der Waals surface area contributed by atoms with Gasteiger partial charge in [-0.3, -0.25) is 4.79 Å². The van der Waals surface area contributed by atoms with E-state index in [9.17, 15) is 4.79 Å². The molecule has 2 aliphatic rings. The first-order chi connectivity index (χ1) is 12.0. The molecule has 1 aliphatic carbocycles. The van der Waals surface area contributed by atoms with Crippen molar-refractivity contribution in [1.82, 2.24) is 0 Å². The van der Waals surface area contributed by atoms with Crippen LogP contribution in [-0.4, -0.2) is 36.7 Å². The molecule has 1 heterocycles. The van der Waals surface area contributed by atoms with Gasteiger partial charge >= 0.3 is 0 Å². The van der Waals surface area contributed by atoms with Crippen molar-refractivity contribution in [1.29, 1.82) is 0 Å². The van der Waals surface area contributed by atoms with E-state index < -0.39 is 7.26 Å². The van der Waals surface area contributed by atoms with Crippen LogP contribution in [0.1, 0.15) is 56.6 Å². The van der Waals surface area contributed by atoms with Crippen LogP contribution in [0.3, 0.4) is 0 Å². The summed E-state index contributed by atoms with van der Waals surface area (Å²) in [4.78, 5) is 13.4. The van der Waals surface area contributed by atoms with Crippen LogP contribution in [0.5, 0.6) is 5.75 Å². The third kappa shape index (κ3) is 4.06. The number of aryl methyl sites for hydroxylation is 2. The van der Waals surface area contributed by atoms with E-state index in [4.69, 9.17) is 4.74 Å². The fraction of sp³-hybridized carbons (Fsp3) is 0.667. The van der Waals surface area contributed by atoms with Crippen molar-refractivity contribution in [2.24, 2.45) is 0 Å². The number of methoxy groups -OCH3 is 1. The average molecular weight is 451 g/mol. The number of nitrogens with one attached hydrogen (secondary N) is 1. The molecule has 141 valence electrons. The van der Waals surface area contributed by atoms with Gasteiger partial charge in [0.1, 0.15) is 5.75 Å². The molecule has 1 saturated heterocycles. The molecule has 26 heavy (non-hydrogen) atoms. The van der Waals surface area contributed by atoms with Crippen LogP contribution in [-0.2, 0) is 37.5 Å². The quantitative estimate of drug-likeness (QED) is 0.610. The number of hydrogen-bond acceptors (Lipinski definition) is 2. The molecule has 1 N–H and O–H groups in total. The molecule has 2 fully saturated rings. The summed E-state index contributed by atoms with van der Waals surface area (Å²) in [5, 5.41) is 3.32. The van der Waals surface area contributed by atoms with Crippen molar-refractivity contribution >= 4 is 18.9 Å². The van der Waals surface area contributed by atoms with E-state index in [0.29, 0.717) is 5.91 Å². The molecule has 1 radical (unpaired) electrons. The number of rotatable bonds is 5. The van der Waals surface area contributed by atoms with Crippen molar-refractivity contribution in [2.75, 3.05) is 30.9 Å². The number of benzene rings is 1. The van der Waals surface area contributed by atoms with E-state index in [0.717, 1.165) is 35.4 Å². The Morgan fingerprint density at radius 3 is 2.08 bits per heavy atom. The van der Waals surface area contributed by atoms with E-state index in [2.05, 4.69) is 26.1 Å². The van der Waals surface area contributed by atoms with E-state index >= 15 is 0 Å². The summed E-state index contributed by atoms with van der Waals surface area (Å²) in [7, 11) is 0.506. The Bertz CT molecular complexity index is 626. The average Bonchev–Trinajstić information content (AvgIpc) is 3.42. The zero-order valence-corrected chi connectivity index (χ0v) is 20.6. The molecule has 1 aromatic carbocycles. The fourth-order valence-corrected chi connectivity index (χ4v) is 10.4. The fourth-order valence-electron chi connectivity index (χ4n) is 4.85. The molecule has 1 aliphatic heterocycles. The predicted molar refractivity (Wildman–Crippen MR) is 109 cm³/mol. The Hall–Kier alpha value is 0.0239. The van der Waals surface area contributed by atoms with Crippen LogP contribution in [0.25, 0.3) is 0 Å². The minimum absolute atomic E-state index is 0. The van der Waals surface area contributed by atoms with E-state index in [1.807, 2.05) is 12.1 Å². The van der Waals surface area contributed by atoms with Gasteiger partial charge in [0.15, 0.2) is 5.16 Å². The summed E-state index contributed by atoms with van der Waals surface area (Å²) in [6.07, 6.45) is 11.5. The van der Waals surface area contributed by atoms with Gasteiger partial charge in [0, 0.05) is 58.5 Å². The Kier molecular flexibility index (Phi) is 7.74. The second kappa shape index (κ2) is 9.02. The van der Waals surface area contributed by atoms with E-state index in [1.165, 1.54) is 44.2 Å². The molecule has 3 rings (SSSR count). The topological polar surface area (TPSA) is 38.3 Å². The Labute approximate surface area is 184 Å². The van der Waals surface area contributed by atoms with Gasteiger partial charge in [-0.15, -0.1) is 0 Å². The third-order valence-electron chi connectivity index (χ3n) is 6.56. The van der Waals surface area contributed by atoms with Crippen LogP contribution >= 0.6 is 7.26 Å². The van der Waals surface area contributed by atoms with Gasteiger partial charge in [-0.05, 0) is 69.7 Å². The number of ether oxygens (including phenoxy) is 1. The van der Waals surface area contributed by atoms with Crippen LogP contribution < -0.4 is 10.1 Å². The first-order valence-electron chi connectivity index (χ1n) is 9.81. The summed E-state index contributed by atoms with van der Waals surface area (Å²) < 4.78 is 5.35. The maximum Gasteiger partial charge on any atom is 0.268 e. The minimum Gasteiger partial charge on any atom is -0.497 e. The maximum atomic E-state index is 13.4. The molecule has 1 aromatic rings. The standard InChI is InChI=1S/C21H32NO2P.Y/c1-5-25(12-8-6-7-9-13-25)21(10-11-21)20(23)22-19-16(2)14-18(24-4)15-17(19)3;/h14-15H,5-13H2,1-4H3;/p+1. The smallest absolute Gasteiger partial charge is 0.268 e. The molecule has 0 aromatic heterocycles. The van der Waals surface area contributed by atoms with Crippen LogP contribution in [0.15, 0.2) is 12.1 Å².